The van der Waals surface area contributed by atoms with Crippen LogP contribution in [0, 0.1) is 6.92 Å². The standard InChI is InChI=1S/C11H13N3/c1-8-5-9(7-10(12)6-8)11-13-3-4-14(11)2/h3-7H,12H2,1-2H3. The van der Waals surface area contributed by atoms with Gasteiger partial charge in [0.05, 0.1) is 0 Å². The Kier molecular flexibility index (Phi) is 2.00. The molecule has 3 heteroatoms. The van der Waals surface area contributed by atoms with E-state index < -0.39 is 0 Å². The number of hydrogen-bond acceptors (Lipinski definition) is 2. The van der Waals surface area contributed by atoms with E-state index in [2.05, 4.69) is 11.1 Å². The molecule has 1 aromatic heterocycles. The molecule has 0 unspecified atom stereocenters. The van der Waals surface area contributed by atoms with Gasteiger partial charge in [-0.2, -0.15) is 0 Å². The van der Waals surface area contributed by atoms with Crippen molar-refractivity contribution in [2.75, 3.05) is 5.73 Å². The number of anilines is 1. The largest absolute Gasteiger partial charge is 0.399 e. The van der Waals surface area contributed by atoms with E-state index in [4.69, 9.17) is 5.73 Å². The predicted molar refractivity (Wildman–Crippen MR) is 57.8 cm³/mol. The van der Waals surface area contributed by atoms with Crippen LogP contribution in [0.3, 0.4) is 0 Å². The van der Waals surface area contributed by atoms with E-state index in [1.165, 1.54) is 0 Å². The number of imidazole rings is 1. The number of rotatable bonds is 1. The summed E-state index contributed by atoms with van der Waals surface area (Å²) in [4.78, 5) is 4.28. The fourth-order valence-electron chi connectivity index (χ4n) is 1.59. The minimum Gasteiger partial charge on any atom is -0.399 e. The van der Waals surface area contributed by atoms with Gasteiger partial charge in [-0.25, -0.2) is 4.98 Å². The molecule has 0 saturated heterocycles. The van der Waals surface area contributed by atoms with Crippen molar-refractivity contribution in [3.8, 4) is 11.4 Å². The summed E-state index contributed by atoms with van der Waals surface area (Å²) < 4.78 is 1.98. The zero-order chi connectivity index (χ0) is 10.1. The normalized spacial score (nSPS) is 10.4. The number of nitrogens with two attached hydrogens (primary N) is 1. The minimum absolute atomic E-state index is 0.781. The Morgan fingerprint density at radius 2 is 2.07 bits per heavy atom. The molecule has 0 aliphatic rings. The number of nitrogen functional groups attached to an aromatic ring is 1. The van der Waals surface area contributed by atoms with Gasteiger partial charge in [0.2, 0.25) is 0 Å². The van der Waals surface area contributed by atoms with Crippen LogP contribution in [0.2, 0.25) is 0 Å². The maximum absolute atomic E-state index is 5.78. The molecule has 0 bridgehead atoms. The summed E-state index contributed by atoms with van der Waals surface area (Å²) in [5.74, 6) is 0.945. The minimum atomic E-state index is 0.781. The predicted octanol–water partition coefficient (Wildman–Crippen LogP) is 1.98. The van der Waals surface area contributed by atoms with Gasteiger partial charge in [0.15, 0.2) is 0 Å². The molecule has 72 valence electrons. The van der Waals surface area contributed by atoms with Crippen LogP contribution >= 0.6 is 0 Å². The average molecular weight is 187 g/mol. The number of hydrogen-bond donors (Lipinski definition) is 1. The molecule has 0 aliphatic carbocycles. The van der Waals surface area contributed by atoms with Crippen LogP contribution < -0.4 is 5.73 Å². The van der Waals surface area contributed by atoms with Crippen molar-refractivity contribution in [1.29, 1.82) is 0 Å². The van der Waals surface area contributed by atoms with E-state index in [1.807, 2.05) is 36.9 Å². The molecule has 0 fully saturated rings. The average Bonchev–Trinajstić information content (AvgIpc) is 2.49. The Balaban J connectivity index is 2.57. The first kappa shape index (κ1) is 8.81. The third-order valence-electron chi connectivity index (χ3n) is 2.18. The first-order valence-corrected chi connectivity index (χ1v) is 4.51. The molecule has 2 rings (SSSR count). The lowest BCUT2D eigenvalue weighted by atomic mass is 10.1. The lowest BCUT2D eigenvalue weighted by molar-refractivity contribution is 0.925. The molecule has 1 aromatic carbocycles. The molecule has 2 N–H and O–H groups in total. The summed E-state index contributed by atoms with van der Waals surface area (Å²) in [6, 6.07) is 5.97. The van der Waals surface area contributed by atoms with Gasteiger partial charge in [-0.15, -0.1) is 0 Å². The molecule has 0 amide bonds. The first-order valence-electron chi connectivity index (χ1n) is 4.51. The van der Waals surface area contributed by atoms with Crippen molar-refractivity contribution >= 4 is 5.69 Å². The van der Waals surface area contributed by atoms with Crippen LogP contribution in [0.15, 0.2) is 30.6 Å². The Bertz CT molecular complexity index is 437. The van der Waals surface area contributed by atoms with E-state index in [9.17, 15) is 0 Å². The molecule has 0 atom stereocenters. The first-order chi connectivity index (χ1) is 6.66. The summed E-state index contributed by atoms with van der Waals surface area (Å²) >= 11 is 0. The fraction of sp³-hybridized carbons (Fsp3) is 0.182. The lowest BCUT2D eigenvalue weighted by Crippen LogP contribution is -1.93. The molecule has 0 saturated carbocycles. The molecule has 0 spiro atoms. The maximum Gasteiger partial charge on any atom is 0.139 e. The summed E-state index contributed by atoms with van der Waals surface area (Å²) in [5.41, 5.74) is 8.78. The van der Waals surface area contributed by atoms with Crippen LogP contribution in [0.1, 0.15) is 5.56 Å². The van der Waals surface area contributed by atoms with Crippen LogP contribution in [-0.4, -0.2) is 9.55 Å². The second kappa shape index (κ2) is 3.18. The number of benzene rings is 1. The second-order valence-electron chi connectivity index (χ2n) is 3.49. The Morgan fingerprint density at radius 1 is 1.29 bits per heavy atom. The van der Waals surface area contributed by atoms with Crippen molar-refractivity contribution in [3.63, 3.8) is 0 Å². The summed E-state index contributed by atoms with van der Waals surface area (Å²) in [5, 5.41) is 0. The van der Waals surface area contributed by atoms with Crippen molar-refractivity contribution < 1.29 is 0 Å². The molecule has 2 aromatic rings. The summed E-state index contributed by atoms with van der Waals surface area (Å²) in [6.45, 7) is 2.03. The quantitative estimate of drug-likeness (QED) is 0.694. The molecule has 1 heterocycles. The zero-order valence-corrected chi connectivity index (χ0v) is 8.36. The highest BCUT2D eigenvalue weighted by atomic mass is 15.0. The SMILES string of the molecule is Cc1cc(N)cc(-c2nccn2C)c1. The van der Waals surface area contributed by atoms with Gasteiger partial charge >= 0.3 is 0 Å². The topological polar surface area (TPSA) is 43.8 Å². The Labute approximate surface area is 83.2 Å². The van der Waals surface area contributed by atoms with Crippen LogP contribution in [0.4, 0.5) is 5.69 Å². The highest BCUT2D eigenvalue weighted by Crippen LogP contribution is 2.21. The second-order valence-corrected chi connectivity index (χ2v) is 3.49. The Hall–Kier alpha value is -1.77. The maximum atomic E-state index is 5.78. The third kappa shape index (κ3) is 1.48. The van der Waals surface area contributed by atoms with Crippen molar-refractivity contribution in [1.82, 2.24) is 9.55 Å². The highest BCUT2D eigenvalue weighted by Gasteiger charge is 2.03. The number of aryl methyl sites for hydroxylation is 2. The van der Waals surface area contributed by atoms with Crippen LogP contribution in [0.25, 0.3) is 11.4 Å². The molecular weight excluding hydrogens is 174 g/mol. The number of nitrogens with zero attached hydrogens (tertiary/aromatic N) is 2. The highest BCUT2D eigenvalue weighted by molar-refractivity contribution is 5.63. The lowest BCUT2D eigenvalue weighted by Gasteiger charge is -2.04. The van der Waals surface area contributed by atoms with Gasteiger partial charge in [-0.05, 0) is 30.7 Å². The van der Waals surface area contributed by atoms with Gasteiger partial charge in [0, 0.05) is 30.7 Å². The fourth-order valence-corrected chi connectivity index (χ4v) is 1.59. The van der Waals surface area contributed by atoms with Crippen LogP contribution in [0.5, 0.6) is 0 Å². The molecule has 0 aliphatic heterocycles. The molecule has 14 heavy (non-hydrogen) atoms. The van der Waals surface area contributed by atoms with Crippen LogP contribution in [-0.2, 0) is 7.05 Å². The van der Waals surface area contributed by atoms with Gasteiger partial charge in [-0.3, -0.25) is 0 Å². The Morgan fingerprint density at radius 3 is 2.64 bits per heavy atom. The van der Waals surface area contributed by atoms with E-state index in [0.717, 1.165) is 22.6 Å². The van der Waals surface area contributed by atoms with E-state index in [-0.39, 0.29) is 0 Å². The zero-order valence-electron chi connectivity index (χ0n) is 8.36. The summed E-state index contributed by atoms with van der Waals surface area (Å²) in [6.07, 6.45) is 3.71. The van der Waals surface area contributed by atoms with Gasteiger partial charge in [-0.1, -0.05) is 0 Å². The molecule has 0 radical (unpaired) electrons. The van der Waals surface area contributed by atoms with E-state index in [0.29, 0.717) is 0 Å². The third-order valence-corrected chi connectivity index (χ3v) is 2.18. The van der Waals surface area contributed by atoms with Gasteiger partial charge < -0.3 is 10.3 Å². The van der Waals surface area contributed by atoms with E-state index in [1.54, 1.807) is 6.20 Å². The monoisotopic (exact) mass is 187 g/mol. The molecular formula is C11H13N3. The molecule has 3 nitrogen and oxygen atoms in total. The smallest absolute Gasteiger partial charge is 0.139 e. The van der Waals surface area contributed by atoms with Crippen molar-refractivity contribution in [2.45, 2.75) is 6.92 Å². The van der Waals surface area contributed by atoms with Crippen molar-refractivity contribution in [2.24, 2.45) is 7.05 Å². The van der Waals surface area contributed by atoms with Crippen molar-refractivity contribution in [3.05, 3.63) is 36.2 Å². The number of aromatic nitrogens is 2. The van der Waals surface area contributed by atoms with Gasteiger partial charge in [0.1, 0.15) is 5.82 Å². The van der Waals surface area contributed by atoms with Gasteiger partial charge in [0.25, 0.3) is 0 Å². The van der Waals surface area contributed by atoms with E-state index >= 15 is 0 Å². The summed E-state index contributed by atoms with van der Waals surface area (Å²) in [7, 11) is 1.97.